The summed E-state index contributed by atoms with van der Waals surface area (Å²) in [6, 6.07) is 14.9. The zero-order valence-corrected chi connectivity index (χ0v) is 19.3. The van der Waals surface area contributed by atoms with E-state index in [0.717, 1.165) is 38.8 Å². The van der Waals surface area contributed by atoms with Crippen molar-refractivity contribution in [2.45, 2.75) is 43.9 Å². The molecule has 0 spiro atoms. The lowest BCUT2D eigenvalue weighted by atomic mass is 10.2. The first-order chi connectivity index (χ1) is 15.4. The normalized spacial score (nSPS) is 14.5. The van der Waals surface area contributed by atoms with Crippen LogP contribution in [0, 0.1) is 0 Å². The van der Waals surface area contributed by atoms with Crippen molar-refractivity contribution in [1.29, 1.82) is 0 Å². The number of nitrogens with one attached hydrogen (secondary N) is 1. The number of sulfonamides is 1. The van der Waals surface area contributed by atoms with E-state index >= 15 is 0 Å². The number of hydrogen-bond acceptors (Lipinski definition) is 4. The second kappa shape index (κ2) is 11.1. The van der Waals surface area contributed by atoms with Crippen LogP contribution in [0.3, 0.4) is 0 Å². The molecule has 2 amide bonds. The van der Waals surface area contributed by atoms with E-state index < -0.39 is 15.9 Å². The molecule has 1 heterocycles. The summed E-state index contributed by atoms with van der Waals surface area (Å²) in [5.74, 6) is -0.349. The van der Waals surface area contributed by atoms with Crippen LogP contribution in [0.1, 0.15) is 49.4 Å². The summed E-state index contributed by atoms with van der Waals surface area (Å²) in [4.78, 5) is 26.9. The fourth-order valence-electron chi connectivity index (χ4n) is 3.87. The summed E-state index contributed by atoms with van der Waals surface area (Å²) >= 11 is 0. The first-order valence-corrected chi connectivity index (χ1v) is 12.6. The van der Waals surface area contributed by atoms with Gasteiger partial charge in [0.2, 0.25) is 5.91 Å². The van der Waals surface area contributed by atoms with Gasteiger partial charge in [-0.2, -0.15) is 0 Å². The topological polar surface area (TPSA) is 86.8 Å². The van der Waals surface area contributed by atoms with Crippen LogP contribution in [0.5, 0.6) is 0 Å². The van der Waals surface area contributed by atoms with E-state index in [-0.39, 0.29) is 35.9 Å². The Labute approximate surface area is 190 Å². The summed E-state index contributed by atoms with van der Waals surface area (Å²) in [6.07, 6.45) is 4.59. The monoisotopic (exact) mass is 457 g/mol. The third-order valence-corrected chi connectivity index (χ3v) is 7.50. The highest BCUT2D eigenvalue weighted by Gasteiger charge is 2.24. The molecule has 2 aromatic carbocycles. The van der Waals surface area contributed by atoms with E-state index in [1.54, 1.807) is 43.3 Å². The Morgan fingerprint density at radius 2 is 1.66 bits per heavy atom. The van der Waals surface area contributed by atoms with Gasteiger partial charge < -0.3 is 10.2 Å². The van der Waals surface area contributed by atoms with Gasteiger partial charge in [-0.25, -0.2) is 8.42 Å². The molecule has 0 radical (unpaired) electrons. The Kier molecular flexibility index (Phi) is 8.27. The number of rotatable bonds is 8. The molecule has 32 heavy (non-hydrogen) atoms. The lowest BCUT2D eigenvalue weighted by Crippen LogP contribution is -2.35. The summed E-state index contributed by atoms with van der Waals surface area (Å²) in [5.41, 5.74) is 0.814. The van der Waals surface area contributed by atoms with E-state index in [0.29, 0.717) is 5.69 Å². The fraction of sp³-hybridized carbons (Fsp3) is 0.417. The van der Waals surface area contributed by atoms with E-state index in [1.165, 1.54) is 16.4 Å². The summed E-state index contributed by atoms with van der Waals surface area (Å²) in [5, 5.41) is 2.74. The molecule has 8 heteroatoms. The molecule has 1 N–H and O–H groups in total. The Morgan fingerprint density at radius 1 is 0.969 bits per heavy atom. The number of para-hydroxylation sites is 1. The van der Waals surface area contributed by atoms with Gasteiger partial charge in [0.15, 0.2) is 0 Å². The minimum Gasteiger partial charge on any atom is -0.352 e. The van der Waals surface area contributed by atoms with Crippen LogP contribution >= 0.6 is 0 Å². The SMILES string of the molecule is CCN(c1ccccc1)S(=O)(=O)c1cccc(C(=O)NCCC(=O)N2CCCCCC2)c1. The first-order valence-electron chi connectivity index (χ1n) is 11.2. The van der Waals surface area contributed by atoms with Crippen molar-refractivity contribution >= 4 is 27.5 Å². The lowest BCUT2D eigenvalue weighted by molar-refractivity contribution is -0.131. The summed E-state index contributed by atoms with van der Waals surface area (Å²) < 4.78 is 27.7. The Balaban J connectivity index is 1.64. The molecule has 1 saturated heterocycles. The van der Waals surface area contributed by atoms with E-state index in [2.05, 4.69) is 5.32 Å². The number of hydrogen-bond donors (Lipinski definition) is 1. The van der Waals surface area contributed by atoms with Crippen molar-refractivity contribution in [1.82, 2.24) is 10.2 Å². The Morgan fingerprint density at radius 3 is 2.31 bits per heavy atom. The summed E-state index contributed by atoms with van der Waals surface area (Å²) in [7, 11) is -3.82. The van der Waals surface area contributed by atoms with E-state index in [9.17, 15) is 18.0 Å². The van der Waals surface area contributed by atoms with E-state index in [4.69, 9.17) is 0 Å². The molecule has 0 aliphatic carbocycles. The first kappa shape index (κ1) is 23.8. The average Bonchev–Trinajstić information content (AvgIpc) is 3.10. The fourth-order valence-corrected chi connectivity index (χ4v) is 5.39. The van der Waals surface area contributed by atoms with Crippen molar-refractivity contribution < 1.29 is 18.0 Å². The van der Waals surface area contributed by atoms with Crippen LogP contribution < -0.4 is 9.62 Å². The Hall–Kier alpha value is -2.87. The maximum atomic E-state index is 13.2. The zero-order chi connectivity index (χ0) is 23.0. The van der Waals surface area contributed by atoms with Crippen LogP contribution in [-0.4, -0.2) is 51.3 Å². The van der Waals surface area contributed by atoms with Crippen molar-refractivity contribution in [2.75, 3.05) is 30.5 Å². The van der Waals surface area contributed by atoms with Gasteiger partial charge in [-0.05, 0) is 50.1 Å². The van der Waals surface area contributed by atoms with Gasteiger partial charge in [-0.1, -0.05) is 37.1 Å². The van der Waals surface area contributed by atoms with Gasteiger partial charge in [0.25, 0.3) is 15.9 Å². The second-order valence-corrected chi connectivity index (χ2v) is 9.70. The third kappa shape index (κ3) is 5.88. The van der Waals surface area contributed by atoms with Crippen molar-refractivity contribution in [3.63, 3.8) is 0 Å². The van der Waals surface area contributed by atoms with Crippen LogP contribution in [0.15, 0.2) is 59.5 Å². The maximum absolute atomic E-state index is 13.2. The number of carbonyl (C=O) groups is 2. The van der Waals surface area contributed by atoms with Crippen LogP contribution in [-0.2, 0) is 14.8 Å². The lowest BCUT2D eigenvalue weighted by Gasteiger charge is -2.23. The van der Waals surface area contributed by atoms with Gasteiger partial charge >= 0.3 is 0 Å². The highest BCUT2D eigenvalue weighted by Crippen LogP contribution is 2.23. The zero-order valence-electron chi connectivity index (χ0n) is 18.5. The third-order valence-electron chi connectivity index (χ3n) is 5.60. The smallest absolute Gasteiger partial charge is 0.264 e. The second-order valence-electron chi connectivity index (χ2n) is 7.83. The standard InChI is InChI=1S/C24H31N3O4S/c1-2-27(21-12-6-5-7-13-21)32(30,31)22-14-10-11-20(19-22)24(29)25-16-15-23(28)26-17-8-3-4-9-18-26/h5-7,10-14,19H,2-4,8-9,15-18H2,1H3,(H,25,29). The number of likely N-dealkylation sites (tertiary alicyclic amines) is 1. The molecule has 1 aliphatic heterocycles. The van der Waals surface area contributed by atoms with Gasteiger partial charge in [-0.3, -0.25) is 13.9 Å². The molecular weight excluding hydrogens is 426 g/mol. The summed E-state index contributed by atoms with van der Waals surface area (Å²) in [6.45, 7) is 3.81. The highest BCUT2D eigenvalue weighted by atomic mass is 32.2. The predicted octanol–water partition coefficient (Wildman–Crippen LogP) is 3.42. The molecule has 0 aromatic heterocycles. The largest absolute Gasteiger partial charge is 0.352 e. The molecule has 0 saturated carbocycles. The van der Waals surface area contributed by atoms with Crippen molar-refractivity contribution in [3.8, 4) is 0 Å². The molecule has 2 aromatic rings. The van der Waals surface area contributed by atoms with Gasteiger partial charge in [0.05, 0.1) is 10.6 Å². The van der Waals surface area contributed by atoms with Gasteiger partial charge in [0.1, 0.15) is 0 Å². The molecule has 0 atom stereocenters. The molecule has 7 nitrogen and oxygen atoms in total. The van der Waals surface area contributed by atoms with Crippen molar-refractivity contribution in [2.24, 2.45) is 0 Å². The molecule has 1 aliphatic rings. The number of benzene rings is 2. The van der Waals surface area contributed by atoms with Gasteiger partial charge in [-0.15, -0.1) is 0 Å². The molecule has 3 rings (SSSR count). The number of anilines is 1. The number of carbonyl (C=O) groups excluding carboxylic acids is 2. The van der Waals surface area contributed by atoms with Crippen molar-refractivity contribution in [3.05, 3.63) is 60.2 Å². The number of nitrogens with zero attached hydrogens (tertiary/aromatic N) is 2. The average molecular weight is 458 g/mol. The van der Waals surface area contributed by atoms with Crippen LogP contribution in [0.25, 0.3) is 0 Å². The number of amides is 2. The minimum atomic E-state index is -3.82. The molecule has 0 bridgehead atoms. The van der Waals surface area contributed by atoms with E-state index in [1.807, 2.05) is 11.0 Å². The van der Waals surface area contributed by atoms with Crippen LogP contribution in [0.4, 0.5) is 5.69 Å². The predicted molar refractivity (Wildman–Crippen MR) is 125 cm³/mol. The maximum Gasteiger partial charge on any atom is 0.264 e. The molecular formula is C24H31N3O4S. The molecule has 0 unspecified atom stereocenters. The Bertz CT molecular complexity index is 1020. The van der Waals surface area contributed by atoms with Crippen LogP contribution in [0.2, 0.25) is 0 Å². The molecule has 172 valence electrons. The van der Waals surface area contributed by atoms with Gasteiger partial charge in [0, 0.05) is 38.2 Å². The highest BCUT2D eigenvalue weighted by molar-refractivity contribution is 7.92. The quantitative estimate of drug-likeness (QED) is 0.658. The molecule has 1 fully saturated rings. The minimum absolute atomic E-state index is 0.0463.